The lowest BCUT2D eigenvalue weighted by Gasteiger charge is -2.09. The zero-order valence-corrected chi connectivity index (χ0v) is 19.7. The molecule has 0 bridgehead atoms. The summed E-state index contributed by atoms with van der Waals surface area (Å²) in [6.07, 6.45) is 9.78. The molecule has 0 aliphatic heterocycles. The van der Waals surface area contributed by atoms with Crippen LogP contribution in [-0.2, 0) is 11.8 Å². The minimum atomic E-state index is -0.387. The molecular formula is C30H40NO5+. The molecule has 0 fully saturated rings. The lowest BCUT2D eigenvalue weighted by Crippen LogP contribution is -2.28. The Bertz CT molecular complexity index is 1050. The number of ether oxygens (including phenoxy) is 3. The summed E-state index contributed by atoms with van der Waals surface area (Å²) in [7, 11) is 1.88. The zero-order chi connectivity index (χ0) is 24.0. The van der Waals surface area contributed by atoms with Gasteiger partial charge in [-0.3, -0.25) is 0 Å². The summed E-state index contributed by atoms with van der Waals surface area (Å²) in [6.45, 7) is 1.06. The molecule has 0 spiro atoms. The Morgan fingerprint density at radius 1 is 0.694 bits per heavy atom. The van der Waals surface area contributed by atoms with E-state index in [0.29, 0.717) is 35.8 Å². The maximum Gasteiger partial charge on any atom is 0.344 e. The predicted molar refractivity (Wildman–Crippen MR) is 142 cm³/mol. The molecule has 6 nitrogen and oxygen atoms in total. The van der Waals surface area contributed by atoms with Gasteiger partial charge in [0.1, 0.15) is 24.1 Å². The van der Waals surface area contributed by atoms with Crippen LogP contribution in [0.4, 0.5) is 0 Å². The molecule has 36 heavy (non-hydrogen) atoms. The third-order valence-corrected chi connectivity index (χ3v) is 5.24. The Morgan fingerprint density at radius 2 is 1.33 bits per heavy atom. The fraction of sp³-hybridized carbons (Fsp3) is 0.367. The molecule has 2 aromatic carbocycles. The fourth-order valence-corrected chi connectivity index (χ4v) is 3.43. The van der Waals surface area contributed by atoms with Crippen LogP contribution in [0.5, 0.6) is 11.5 Å². The quantitative estimate of drug-likeness (QED) is 0.116. The maximum absolute atomic E-state index is 12.2. The molecule has 0 aliphatic carbocycles. The summed E-state index contributed by atoms with van der Waals surface area (Å²) >= 11 is 0. The van der Waals surface area contributed by atoms with Gasteiger partial charge in [-0.25, -0.2) is 14.2 Å². The molecular weight excluding hydrogens is 454 g/mol. The van der Waals surface area contributed by atoms with Crippen molar-refractivity contribution >= 4 is 11.9 Å². The van der Waals surface area contributed by atoms with E-state index in [0.717, 1.165) is 38.5 Å². The highest BCUT2D eigenvalue weighted by molar-refractivity contribution is 5.91. The number of aromatic nitrogens is 1. The number of hydrogen-bond donors (Lipinski definition) is 0. The minimum absolute atomic E-state index is 0. The molecule has 0 saturated heterocycles. The van der Waals surface area contributed by atoms with Crippen LogP contribution in [0.3, 0.4) is 0 Å². The zero-order valence-electron chi connectivity index (χ0n) is 19.7. The fourth-order valence-electron chi connectivity index (χ4n) is 3.43. The largest absolute Gasteiger partial charge is 0.493 e. The molecule has 1 heterocycles. The topological polar surface area (TPSA) is 65.7 Å². The smallest absolute Gasteiger partial charge is 0.344 e. The average Bonchev–Trinajstić information content (AvgIpc) is 2.86. The average molecular weight is 495 g/mol. The van der Waals surface area contributed by atoms with Crippen LogP contribution >= 0.6 is 0 Å². The minimum Gasteiger partial charge on any atom is -0.493 e. The van der Waals surface area contributed by atoms with Crippen LogP contribution in [0, 0.1) is 0 Å². The second kappa shape index (κ2) is 16.9. The van der Waals surface area contributed by atoms with Crippen molar-refractivity contribution in [2.75, 3.05) is 13.2 Å². The van der Waals surface area contributed by atoms with Crippen molar-refractivity contribution in [3.8, 4) is 11.5 Å². The normalized spacial score (nSPS) is 9.92. The highest BCUT2D eigenvalue weighted by Crippen LogP contribution is 2.21. The molecule has 0 amide bonds. The van der Waals surface area contributed by atoms with E-state index in [1.807, 2.05) is 42.1 Å². The van der Waals surface area contributed by atoms with Gasteiger partial charge < -0.3 is 14.2 Å². The van der Waals surface area contributed by atoms with Crippen molar-refractivity contribution in [2.45, 2.75) is 53.4 Å². The molecule has 0 unspecified atom stereocenters. The second-order valence-corrected chi connectivity index (χ2v) is 8.09. The van der Waals surface area contributed by atoms with Gasteiger partial charge in [-0.05, 0) is 43.2 Å². The van der Waals surface area contributed by atoms with E-state index in [9.17, 15) is 9.59 Å². The highest BCUT2D eigenvalue weighted by Gasteiger charge is 2.10. The number of benzene rings is 2. The third-order valence-electron chi connectivity index (χ3n) is 5.24. The highest BCUT2D eigenvalue weighted by atomic mass is 16.5. The molecule has 0 atom stereocenters. The van der Waals surface area contributed by atoms with Gasteiger partial charge in [-0.15, -0.1) is 0 Å². The molecule has 0 N–H and O–H groups in total. The summed E-state index contributed by atoms with van der Waals surface area (Å²) in [5, 5.41) is 0. The Hall–Kier alpha value is -3.67. The van der Waals surface area contributed by atoms with Crippen molar-refractivity contribution in [2.24, 2.45) is 7.05 Å². The number of carbonyl (C=O) groups is 2. The van der Waals surface area contributed by atoms with Crippen molar-refractivity contribution in [1.82, 2.24) is 0 Å². The van der Waals surface area contributed by atoms with Crippen molar-refractivity contribution in [1.29, 1.82) is 0 Å². The van der Waals surface area contributed by atoms with E-state index < -0.39 is 0 Å². The molecule has 1 aromatic heterocycles. The Morgan fingerprint density at radius 3 is 2.06 bits per heavy atom. The van der Waals surface area contributed by atoms with Gasteiger partial charge >= 0.3 is 11.9 Å². The van der Waals surface area contributed by atoms with Gasteiger partial charge in [0, 0.05) is 12.1 Å². The van der Waals surface area contributed by atoms with Crippen LogP contribution < -0.4 is 14.0 Å². The van der Waals surface area contributed by atoms with E-state index in [1.165, 1.54) is 0 Å². The Labute approximate surface area is 215 Å². The summed E-state index contributed by atoms with van der Waals surface area (Å²) in [5.74, 6) is 0.495. The molecule has 3 aromatic rings. The van der Waals surface area contributed by atoms with E-state index in [2.05, 4.69) is 0 Å². The van der Waals surface area contributed by atoms with Gasteiger partial charge in [0.2, 0.25) is 0 Å². The van der Waals surface area contributed by atoms with Crippen molar-refractivity contribution < 1.29 is 28.4 Å². The lowest BCUT2D eigenvalue weighted by atomic mass is 10.1. The van der Waals surface area contributed by atoms with Crippen LogP contribution in [-0.4, -0.2) is 25.2 Å². The molecule has 6 heteroatoms. The number of esters is 2. The Balaban J connectivity index is 0.00000324. The first-order chi connectivity index (χ1) is 16.6. The summed E-state index contributed by atoms with van der Waals surface area (Å²) < 4.78 is 18.4. The number of nitrogens with zero attached hydrogens (tertiary/aromatic N) is 1. The molecule has 0 radical (unpaired) electrons. The number of hydrogen-bond acceptors (Lipinski definition) is 5. The van der Waals surface area contributed by atoms with E-state index in [-0.39, 0.29) is 26.8 Å². The molecule has 194 valence electrons. The van der Waals surface area contributed by atoms with Gasteiger partial charge in [0.15, 0.2) is 12.4 Å². The maximum atomic E-state index is 12.2. The number of rotatable bonds is 13. The van der Waals surface area contributed by atoms with E-state index in [4.69, 9.17) is 14.2 Å². The number of carbonyl (C=O) groups excluding carboxylic acids is 2. The van der Waals surface area contributed by atoms with Crippen LogP contribution in [0.1, 0.15) is 74.1 Å². The lowest BCUT2D eigenvalue weighted by molar-refractivity contribution is -0.671. The van der Waals surface area contributed by atoms with E-state index in [1.54, 1.807) is 48.7 Å². The first kappa shape index (κ1) is 30.4. The van der Waals surface area contributed by atoms with Gasteiger partial charge in [0.05, 0.1) is 18.8 Å². The second-order valence-electron chi connectivity index (χ2n) is 8.09. The summed E-state index contributed by atoms with van der Waals surface area (Å²) in [5.41, 5.74) is 1.09. The number of pyridine rings is 1. The predicted octanol–water partition coefficient (Wildman–Crippen LogP) is 6.58. The van der Waals surface area contributed by atoms with E-state index >= 15 is 0 Å². The van der Waals surface area contributed by atoms with Crippen molar-refractivity contribution in [3.63, 3.8) is 0 Å². The standard InChI is InChI=1S/C28H32NO5.2CH4/c1-29-18-12-15-24(22-29)27(30)33-20-10-5-3-2-4-9-19-32-25-16-11-17-26(21-25)34-28(31)23-13-7-6-8-14-23;;/h6-8,11-18,21-22H,2-5,9-10,19-20H2,1H3;2*1H4/q+1;;. The Kier molecular flexibility index (Phi) is 14.2. The van der Waals surface area contributed by atoms with Gasteiger partial charge in [-0.1, -0.05) is 64.8 Å². The monoisotopic (exact) mass is 494 g/mol. The third kappa shape index (κ3) is 10.7. The molecule has 0 saturated carbocycles. The van der Waals surface area contributed by atoms with Crippen LogP contribution in [0.2, 0.25) is 0 Å². The summed E-state index contributed by atoms with van der Waals surface area (Å²) in [4.78, 5) is 24.2. The van der Waals surface area contributed by atoms with Crippen molar-refractivity contribution in [3.05, 3.63) is 90.3 Å². The number of aryl methyl sites for hydroxylation is 1. The SMILES string of the molecule is C.C.C[n+]1cccc(C(=O)OCCCCCCCCOc2cccc(OC(=O)c3ccccc3)c2)c1. The molecule has 0 aliphatic rings. The van der Waals surface area contributed by atoms with Gasteiger partial charge in [0.25, 0.3) is 0 Å². The molecule has 3 rings (SSSR count). The van der Waals surface area contributed by atoms with Gasteiger partial charge in [-0.2, -0.15) is 0 Å². The van der Waals surface area contributed by atoms with Crippen LogP contribution in [0.15, 0.2) is 79.1 Å². The first-order valence-corrected chi connectivity index (χ1v) is 11.7. The van der Waals surface area contributed by atoms with Crippen LogP contribution in [0.25, 0.3) is 0 Å². The number of unbranched alkanes of at least 4 members (excludes halogenated alkanes) is 5. The summed E-state index contributed by atoms with van der Waals surface area (Å²) in [6, 6.07) is 19.6. The first-order valence-electron chi connectivity index (χ1n) is 11.7.